The van der Waals surface area contributed by atoms with Crippen LogP contribution in [0.1, 0.15) is 39.2 Å². The number of aryl methyl sites for hydroxylation is 1. The molecule has 0 aliphatic heterocycles. The SMILES string of the molecule is Cc1ccc(NC(=O)CNCC2CC2)cc1NC(=O)C(C)(C)C.Cl. The maximum Gasteiger partial charge on any atom is 0.238 e. The lowest BCUT2D eigenvalue weighted by molar-refractivity contribution is -0.123. The van der Waals surface area contributed by atoms with Crippen molar-refractivity contribution < 1.29 is 9.59 Å². The van der Waals surface area contributed by atoms with Crippen molar-refractivity contribution in [1.29, 1.82) is 0 Å². The summed E-state index contributed by atoms with van der Waals surface area (Å²) < 4.78 is 0. The second kappa shape index (κ2) is 8.49. The van der Waals surface area contributed by atoms with Gasteiger partial charge in [-0.05, 0) is 49.9 Å². The maximum absolute atomic E-state index is 12.1. The van der Waals surface area contributed by atoms with Gasteiger partial charge in [-0.3, -0.25) is 9.59 Å². The third kappa shape index (κ3) is 6.49. The summed E-state index contributed by atoms with van der Waals surface area (Å²) in [6.07, 6.45) is 2.53. The van der Waals surface area contributed by atoms with Gasteiger partial charge in [-0.1, -0.05) is 26.8 Å². The van der Waals surface area contributed by atoms with Crippen molar-refractivity contribution in [1.82, 2.24) is 5.32 Å². The van der Waals surface area contributed by atoms with E-state index in [2.05, 4.69) is 16.0 Å². The van der Waals surface area contributed by atoms with E-state index in [1.165, 1.54) is 12.8 Å². The van der Waals surface area contributed by atoms with Gasteiger partial charge in [0.25, 0.3) is 0 Å². The molecule has 5 nitrogen and oxygen atoms in total. The van der Waals surface area contributed by atoms with E-state index in [-0.39, 0.29) is 24.2 Å². The normalized spacial score (nSPS) is 13.8. The Hall–Kier alpha value is -1.59. The summed E-state index contributed by atoms with van der Waals surface area (Å²) >= 11 is 0. The highest BCUT2D eigenvalue weighted by Crippen LogP contribution is 2.27. The zero-order valence-electron chi connectivity index (χ0n) is 14.9. The topological polar surface area (TPSA) is 70.2 Å². The molecule has 3 N–H and O–H groups in total. The molecule has 1 fully saturated rings. The molecule has 1 aliphatic rings. The molecule has 0 unspecified atom stereocenters. The number of hydrogen-bond acceptors (Lipinski definition) is 3. The highest BCUT2D eigenvalue weighted by atomic mass is 35.5. The Balaban J connectivity index is 0.00000288. The van der Waals surface area contributed by atoms with Crippen LogP contribution in [-0.4, -0.2) is 24.9 Å². The first kappa shape index (κ1) is 20.5. The van der Waals surface area contributed by atoms with Gasteiger partial charge in [0.05, 0.1) is 6.54 Å². The zero-order valence-corrected chi connectivity index (χ0v) is 15.7. The smallest absolute Gasteiger partial charge is 0.238 e. The molecule has 2 rings (SSSR count). The highest BCUT2D eigenvalue weighted by Gasteiger charge is 2.22. The zero-order chi connectivity index (χ0) is 17.0. The van der Waals surface area contributed by atoms with E-state index in [0.29, 0.717) is 12.2 Å². The van der Waals surface area contributed by atoms with Crippen molar-refractivity contribution >= 4 is 35.6 Å². The summed E-state index contributed by atoms with van der Waals surface area (Å²) in [5, 5.41) is 8.95. The van der Waals surface area contributed by atoms with Crippen LogP contribution in [0.15, 0.2) is 18.2 Å². The Kier molecular flexibility index (Phi) is 7.24. The van der Waals surface area contributed by atoms with Crippen molar-refractivity contribution in [2.45, 2.75) is 40.5 Å². The monoisotopic (exact) mass is 353 g/mol. The molecule has 0 spiro atoms. The Bertz CT molecular complexity index is 592. The van der Waals surface area contributed by atoms with Crippen LogP contribution in [0.4, 0.5) is 11.4 Å². The van der Waals surface area contributed by atoms with Crippen molar-refractivity contribution in [2.75, 3.05) is 23.7 Å². The van der Waals surface area contributed by atoms with E-state index in [4.69, 9.17) is 0 Å². The van der Waals surface area contributed by atoms with Crippen molar-refractivity contribution in [3.8, 4) is 0 Å². The molecule has 0 saturated heterocycles. The summed E-state index contributed by atoms with van der Waals surface area (Å²) in [5.74, 6) is 0.638. The molecule has 1 aromatic carbocycles. The molecular formula is C18H28ClN3O2. The molecule has 1 saturated carbocycles. The molecule has 134 valence electrons. The molecular weight excluding hydrogens is 326 g/mol. The molecule has 1 aliphatic carbocycles. The Labute approximate surface area is 150 Å². The van der Waals surface area contributed by atoms with Gasteiger partial charge in [0.2, 0.25) is 11.8 Å². The van der Waals surface area contributed by atoms with Crippen LogP contribution in [0, 0.1) is 18.3 Å². The van der Waals surface area contributed by atoms with Crippen LogP contribution in [-0.2, 0) is 9.59 Å². The van der Waals surface area contributed by atoms with E-state index in [1.807, 2.05) is 39.8 Å². The highest BCUT2D eigenvalue weighted by molar-refractivity contribution is 5.97. The third-order valence-corrected chi connectivity index (χ3v) is 3.87. The van der Waals surface area contributed by atoms with Gasteiger partial charge < -0.3 is 16.0 Å². The van der Waals surface area contributed by atoms with Crippen molar-refractivity contribution in [3.63, 3.8) is 0 Å². The van der Waals surface area contributed by atoms with Crippen molar-refractivity contribution in [3.05, 3.63) is 23.8 Å². The summed E-state index contributed by atoms with van der Waals surface area (Å²) in [6, 6.07) is 5.55. The predicted octanol–water partition coefficient (Wildman–Crippen LogP) is 3.34. The van der Waals surface area contributed by atoms with E-state index in [9.17, 15) is 9.59 Å². The largest absolute Gasteiger partial charge is 0.325 e. The summed E-state index contributed by atoms with van der Waals surface area (Å²) in [5.41, 5.74) is 1.93. The number of halogens is 1. The van der Waals surface area contributed by atoms with Gasteiger partial charge in [-0.2, -0.15) is 0 Å². The van der Waals surface area contributed by atoms with Crippen LogP contribution < -0.4 is 16.0 Å². The number of rotatable bonds is 6. The lowest BCUT2D eigenvalue weighted by Crippen LogP contribution is -2.29. The number of amides is 2. The standard InChI is InChI=1S/C18H27N3O2.ClH/c1-12-5-8-14(9-15(12)21-17(23)18(2,3)4)20-16(22)11-19-10-13-6-7-13;/h5,8-9,13,19H,6-7,10-11H2,1-4H3,(H,20,22)(H,21,23);1H. The third-order valence-electron chi connectivity index (χ3n) is 3.87. The second-order valence-electron chi connectivity index (χ2n) is 7.36. The maximum atomic E-state index is 12.1. The number of carbonyl (C=O) groups excluding carboxylic acids is 2. The first-order valence-corrected chi connectivity index (χ1v) is 8.18. The van der Waals surface area contributed by atoms with Gasteiger partial charge >= 0.3 is 0 Å². The molecule has 6 heteroatoms. The number of benzene rings is 1. The quantitative estimate of drug-likeness (QED) is 0.734. The number of anilines is 2. The predicted molar refractivity (Wildman–Crippen MR) is 101 cm³/mol. The first-order chi connectivity index (χ1) is 10.8. The summed E-state index contributed by atoms with van der Waals surface area (Å²) in [4.78, 5) is 24.1. The summed E-state index contributed by atoms with van der Waals surface area (Å²) in [6.45, 7) is 8.77. The molecule has 0 radical (unpaired) electrons. The molecule has 24 heavy (non-hydrogen) atoms. The summed E-state index contributed by atoms with van der Waals surface area (Å²) in [7, 11) is 0. The van der Waals surface area contributed by atoms with Crippen LogP contribution in [0.2, 0.25) is 0 Å². The van der Waals surface area contributed by atoms with Gasteiger partial charge in [0.1, 0.15) is 0 Å². The van der Waals surface area contributed by atoms with E-state index in [1.54, 1.807) is 6.07 Å². The van der Waals surface area contributed by atoms with Crippen LogP contribution >= 0.6 is 12.4 Å². The lowest BCUT2D eigenvalue weighted by atomic mass is 9.95. The number of hydrogen-bond donors (Lipinski definition) is 3. The fraction of sp³-hybridized carbons (Fsp3) is 0.556. The van der Waals surface area contributed by atoms with Crippen LogP contribution in [0.25, 0.3) is 0 Å². The minimum atomic E-state index is -0.460. The Morgan fingerprint density at radius 2 is 1.83 bits per heavy atom. The molecule has 0 bridgehead atoms. The fourth-order valence-corrected chi connectivity index (χ4v) is 2.06. The van der Waals surface area contributed by atoms with Gasteiger partial charge in [0, 0.05) is 16.8 Å². The average molecular weight is 354 g/mol. The average Bonchev–Trinajstić information content (AvgIpc) is 3.25. The van der Waals surface area contributed by atoms with E-state index < -0.39 is 5.41 Å². The minimum absolute atomic E-state index is 0. The molecule has 1 aromatic rings. The van der Waals surface area contributed by atoms with Gasteiger partial charge in [-0.25, -0.2) is 0 Å². The Morgan fingerprint density at radius 3 is 2.42 bits per heavy atom. The second-order valence-corrected chi connectivity index (χ2v) is 7.36. The van der Waals surface area contributed by atoms with Gasteiger partial charge in [-0.15, -0.1) is 12.4 Å². The van der Waals surface area contributed by atoms with Gasteiger partial charge in [0.15, 0.2) is 0 Å². The molecule has 2 amide bonds. The first-order valence-electron chi connectivity index (χ1n) is 8.18. The Morgan fingerprint density at radius 1 is 1.17 bits per heavy atom. The van der Waals surface area contributed by atoms with Crippen LogP contribution in [0.3, 0.4) is 0 Å². The van der Waals surface area contributed by atoms with Crippen molar-refractivity contribution in [2.24, 2.45) is 11.3 Å². The van der Waals surface area contributed by atoms with E-state index >= 15 is 0 Å². The minimum Gasteiger partial charge on any atom is -0.325 e. The molecule has 0 aromatic heterocycles. The van der Waals surface area contributed by atoms with Crippen LogP contribution in [0.5, 0.6) is 0 Å². The number of nitrogens with one attached hydrogen (secondary N) is 3. The lowest BCUT2D eigenvalue weighted by Gasteiger charge is -2.19. The molecule has 0 heterocycles. The van der Waals surface area contributed by atoms with E-state index in [0.717, 1.165) is 23.7 Å². The fourth-order valence-electron chi connectivity index (χ4n) is 2.06. The molecule has 0 atom stereocenters. The number of carbonyl (C=O) groups is 2.